The first-order valence-electron chi connectivity index (χ1n) is 0.378. The van der Waals surface area contributed by atoms with Crippen LogP contribution in [0.3, 0.4) is 0 Å². The van der Waals surface area contributed by atoms with Gasteiger partial charge in [0.05, 0.1) is 0 Å². The predicted octanol–water partition coefficient (Wildman–Crippen LogP) is 2.53. The van der Waals surface area contributed by atoms with Crippen LogP contribution in [-0.4, -0.2) is 0 Å². The van der Waals surface area contributed by atoms with E-state index in [1.165, 1.54) is 0 Å². The third kappa shape index (κ3) is 21.4. The van der Waals surface area contributed by atoms with Gasteiger partial charge in [-0.05, 0) is 0 Å². The van der Waals surface area contributed by atoms with Gasteiger partial charge in [-0.3, -0.25) is 0 Å². The molecule has 0 aliphatic carbocycles. The van der Waals surface area contributed by atoms with Gasteiger partial charge >= 0.3 is 43.0 Å². The molecule has 0 aromatic carbocycles. The van der Waals surface area contributed by atoms with Crippen LogP contribution in [0.2, 0.25) is 0 Å². The molecule has 34 valence electrons. The van der Waals surface area contributed by atoms with Gasteiger partial charge in [0, 0.05) is 0 Å². The summed E-state index contributed by atoms with van der Waals surface area (Å²) in [6, 6.07) is 0. The molecule has 0 saturated heterocycles. The summed E-state index contributed by atoms with van der Waals surface area (Å²) in [6.45, 7) is 0. The maximum absolute atomic E-state index is 3.23. The summed E-state index contributed by atoms with van der Waals surface area (Å²) in [4.78, 5) is 0. The summed E-state index contributed by atoms with van der Waals surface area (Å²) >= 11 is 6.32. The van der Waals surface area contributed by atoms with Crippen molar-refractivity contribution < 1.29 is 18.5 Å². The maximum atomic E-state index is 3.23. The SMILES string of the molecule is Cl.Cl.[Br][Zr][Br]. The van der Waals surface area contributed by atoms with Crippen LogP contribution < -0.4 is 0 Å². The Bertz CT molecular complexity index is 7.61. The van der Waals surface area contributed by atoms with Gasteiger partial charge in [-0.15, -0.1) is 24.8 Å². The second-order valence-corrected chi connectivity index (χ2v) is 11.4. The van der Waals surface area contributed by atoms with E-state index in [1.54, 1.807) is 0 Å². The molecular weight excluding hydrogens is 322 g/mol. The van der Waals surface area contributed by atoms with Crippen molar-refractivity contribution in [3.8, 4) is 0 Å². The Labute approximate surface area is 66.8 Å². The molecule has 0 bridgehead atoms. The molecule has 0 rings (SSSR count). The van der Waals surface area contributed by atoms with Crippen molar-refractivity contribution >= 4 is 49.3 Å². The molecule has 0 aliphatic rings. The average molecular weight is 324 g/mol. The second kappa shape index (κ2) is 16.1. The molecule has 0 saturated carbocycles. The van der Waals surface area contributed by atoms with E-state index in [2.05, 4.69) is 24.4 Å². The van der Waals surface area contributed by atoms with Gasteiger partial charge in [0.15, 0.2) is 0 Å². The van der Waals surface area contributed by atoms with Crippen LogP contribution in [0.25, 0.3) is 0 Å². The van der Waals surface area contributed by atoms with E-state index in [4.69, 9.17) is 0 Å². The van der Waals surface area contributed by atoms with Gasteiger partial charge in [-0.1, -0.05) is 0 Å². The van der Waals surface area contributed by atoms with E-state index < -0.39 is 0 Å². The van der Waals surface area contributed by atoms with Crippen molar-refractivity contribution in [2.24, 2.45) is 0 Å². The number of halogens is 4. The molecule has 0 aromatic heterocycles. The van der Waals surface area contributed by atoms with Crippen LogP contribution >= 0.6 is 49.3 Å². The van der Waals surface area contributed by atoms with E-state index in [1.807, 2.05) is 0 Å². The zero-order valence-corrected chi connectivity index (χ0v) is 9.34. The third-order valence-electron chi connectivity index (χ3n) is 0. The first kappa shape index (κ1) is 15.7. The Morgan fingerprint density at radius 2 is 1.00 bits per heavy atom. The molecule has 0 radical (unpaired) electrons. The predicted molar refractivity (Wildman–Crippen MR) is 32.4 cm³/mol. The summed E-state index contributed by atoms with van der Waals surface area (Å²) in [5.74, 6) is 0. The fourth-order valence-electron chi connectivity index (χ4n) is 0. The molecule has 0 nitrogen and oxygen atoms in total. The van der Waals surface area contributed by atoms with Crippen molar-refractivity contribution in [2.75, 3.05) is 0 Å². The van der Waals surface area contributed by atoms with E-state index >= 15 is 0 Å². The van der Waals surface area contributed by atoms with Gasteiger partial charge in [0.1, 0.15) is 0 Å². The topological polar surface area (TPSA) is 0 Å². The minimum absolute atomic E-state index is 0. The van der Waals surface area contributed by atoms with Crippen LogP contribution in [0.4, 0.5) is 0 Å². The van der Waals surface area contributed by atoms with Crippen molar-refractivity contribution in [2.45, 2.75) is 0 Å². The molecule has 0 atom stereocenters. The van der Waals surface area contributed by atoms with Gasteiger partial charge in [0.25, 0.3) is 0 Å². The molecule has 0 heterocycles. The molecule has 0 amide bonds. The van der Waals surface area contributed by atoms with Gasteiger partial charge in [-0.25, -0.2) is 0 Å². The monoisotopic (exact) mass is 320 g/mol. The van der Waals surface area contributed by atoms with Gasteiger partial charge in [0.2, 0.25) is 0 Å². The van der Waals surface area contributed by atoms with Crippen molar-refractivity contribution in [1.82, 2.24) is 0 Å². The zero-order valence-electron chi connectivity index (χ0n) is 2.07. The molecule has 0 spiro atoms. The summed E-state index contributed by atoms with van der Waals surface area (Å²) < 4.78 is 0. The Morgan fingerprint density at radius 1 is 1.00 bits per heavy atom. The zero-order chi connectivity index (χ0) is 2.71. The molecule has 5 heavy (non-hydrogen) atoms. The first-order valence-corrected chi connectivity index (χ1v) is 11.6. The third-order valence-corrected chi connectivity index (χ3v) is 0. The number of rotatable bonds is 0. The van der Waals surface area contributed by atoms with Crippen LogP contribution in [-0.2, 0) is 18.5 Å². The number of hydrogen-bond acceptors (Lipinski definition) is 0. The van der Waals surface area contributed by atoms with Crippen LogP contribution in [0.5, 0.6) is 0 Å². The second-order valence-electron chi connectivity index (χ2n) is 0.0714. The molecule has 0 aromatic rings. The standard InChI is InChI=1S/2BrH.2ClH.Zr/h4*1H;/q;;;;+2/p-2. The van der Waals surface area contributed by atoms with Gasteiger partial charge < -0.3 is 0 Å². The van der Waals surface area contributed by atoms with Crippen LogP contribution in [0, 0.1) is 0 Å². The molecular formula is H2Br2Cl2Zr. The summed E-state index contributed by atoms with van der Waals surface area (Å²) in [7, 11) is 0. The first-order chi connectivity index (χ1) is 1.41. The average Bonchev–Trinajstić information content (AvgIpc) is 0.918. The van der Waals surface area contributed by atoms with E-state index in [0.29, 0.717) is 0 Å². The Hall–Kier alpha value is 2.42. The Kier molecular flexibility index (Phi) is 50.5. The summed E-state index contributed by atoms with van der Waals surface area (Å²) in [6.07, 6.45) is 0. The Balaban J connectivity index is -0.0000000200. The van der Waals surface area contributed by atoms with Crippen LogP contribution in [0.1, 0.15) is 0 Å². The van der Waals surface area contributed by atoms with Crippen molar-refractivity contribution in [1.29, 1.82) is 0 Å². The quantitative estimate of drug-likeness (QED) is 0.642. The van der Waals surface area contributed by atoms with Crippen molar-refractivity contribution in [3.63, 3.8) is 0 Å². The molecule has 0 N–H and O–H groups in total. The van der Waals surface area contributed by atoms with E-state index in [0.717, 1.165) is 0 Å². The molecule has 0 unspecified atom stereocenters. The van der Waals surface area contributed by atoms with E-state index in [-0.39, 0.29) is 43.4 Å². The molecule has 0 aliphatic heterocycles. The van der Waals surface area contributed by atoms with Gasteiger partial charge in [-0.2, -0.15) is 0 Å². The normalized spacial score (nSPS) is 2.80. The van der Waals surface area contributed by atoms with Crippen LogP contribution in [0.15, 0.2) is 0 Å². The Morgan fingerprint density at radius 3 is 1.00 bits per heavy atom. The summed E-state index contributed by atoms with van der Waals surface area (Å²) in [5.41, 5.74) is 0. The summed E-state index contributed by atoms with van der Waals surface area (Å²) in [5, 5.41) is 0. The van der Waals surface area contributed by atoms with E-state index in [9.17, 15) is 0 Å². The number of hydrogen-bond donors (Lipinski definition) is 0. The van der Waals surface area contributed by atoms with Crippen molar-refractivity contribution in [3.05, 3.63) is 0 Å². The molecule has 0 fully saturated rings. The fraction of sp³-hybridized carbons (Fsp3) is 0. The fourth-order valence-corrected chi connectivity index (χ4v) is 0. The minimum atomic E-state index is -0.145. The molecule has 5 heteroatoms.